The fourth-order valence-electron chi connectivity index (χ4n) is 3.08. The smallest absolute Gasteiger partial charge is 0.351 e. The van der Waals surface area contributed by atoms with E-state index in [-0.39, 0.29) is 16.7 Å². The van der Waals surface area contributed by atoms with Crippen LogP contribution in [0, 0.1) is 5.82 Å². The van der Waals surface area contributed by atoms with Gasteiger partial charge in [0.1, 0.15) is 11.7 Å². The molecule has 1 aromatic rings. The Bertz CT molecular complexity index is 928. The summed E-state index contributed by atoms with van der Waals surface area (Å²) in [6.07, 6.45) is -3.33. The lowest BCUT2D eigenvalue weighted by atomic mass is 9.99. The van der Waals surface area contributed by atoms with Crippen molar-refractivity contribution < 1.29 is 22.4 Å². The Hall–Kier alpha value is -1.15. The van der Waals surface area contributed by atoms with Gasteiger partial charge in [-0.05, 0) is 43.2 Å². The minimum atomic E-state index is -2.44. The molecule has 2 N–H and O–H groups in total. The molecule has 4 atom stereocenters. The summed E-state index contributed by atoms with van der Waals surface area (Å²) in [7, 11) is -4.64. The van der Waals surface area contributed by atoms with E-state index >= 15 is 4.39 Å². The third-order valence-corrected chi connectivity index (χ3v) is 16.4. The number of hydrogen-bond acceptors (Lipinski definition) is 6. The van der Waals surface area contributed by atoms with Crippen molar-refractivity contribution >= 4 is 22.5 Å². The van der Waals surface area contributed by atoms with Gasteiger partial charge in [0.05, 0.1) is 12.8 Å². The highest BCUT2D eigenvalue weighted by molar-refractivity contribution is 6.74. The molecule has 190 valence electrons. The minimum absolute atomic E-state index is 0.0623. The first kappa shape index (κ1) is 28.1. The van der Waals surface area contributed by atoms with Crippen LogP contribution in [0.2, 0.25) is 36.3 Å². The summed E-state index contributed by atoms with van der Waals surface area (Å²) in [6, 6.07) is 0. The first-order valence-electron chi connectivity index (χ1n) is 11.3. The van der Waals surface area contributed by atoms with E-state index in [9.17, 15) is 9.18 Å². The quantitative estimate of drug-likeness (QED) is 0.547. The number of aromatic nitrogens is 2. The molecule has 0 spiro atoms. The molecule has 1 unspecified atom stereocenters. The molecule has 2 rings (SSSR count). The Labute approximate surface area is 198 Å². The predicted octanol–water partition coefficient (Wildman–Crippen LogP) is 5.00. The number of rotatable bonds is 6. The molecule has 1 aromatic heterocycles. The van der Waals surface area contributed by atoms with E-state index in [1.165, 1.54) is 0 Å². The molecule has 33 heavy (non-hydrogen) atoms. The molecule has 1 aliphatic rings. The van der Waals surface area contributed by atoms with Gasteiger partial charge in [-0.15, -0.1) is 0 Å². The molecule has 11 heteroatoms. The molecule has 7 nitrogen and oxygen atoms in total. The van der Waals surface area contributed by atoms with E-state index < -0.39 is 58.1 Å². The summed E-state index contributed by atoms with van der Waals surface area (Å²) < 4.78 is 50.0. The van der Waals surface area contributed by atoms with Gasteiger partial charge in [-0.25, -0.2) is 13.6 Å². The molecular formula is C22H41F2N3O4Si2. The van der Waals surface area contributed by atoms with E-state index in [4.69, 9.17) is 19.3 Å². The van der Waals surface area contributed by atoms with Crippen LogP contribution in [0.3, 0.4) is 0 Å². The number of nitrogens with zero attached hydrogens (tertiary/aromatic N) is 2. The number of alkyl halides is 1. The van der Waals surface area contributed by atoms with Crippen LogP contribution in [-0.2, 0) is 13.6 Å². The van der Waals surface area contributed by atoms with Crippen LogP contribution in [0.4, 0.5) is 14.6 Å². The molecular weight excluding hydrogens is 464 g/mol. The van der Waals surface area contributed by atoms with Crippen LogP contribution in [0.25, 0.3) is 0 Å². The number of halogens is 2. The van der Waals surface area contributed by atoms with Crippen molar-refractivity contribution in [3.05, 3.63) is 22.5 Å². The molecule has 2 heterocycles. The zero-order chi connectivity index (χ0) is 25.8. The maximum Gasteiger partial charge on any atom is 0.351 e. The second-order valence-corrected chi connectivity index (χ2v) is 21.8. The number of hydrogen-bond donors (Lipinski definition) is 1. The first-order valence-corrected chi connectivity index (χ1v) is 17.1. The molecule has 0 amide bonds. The van der Waals surface area contributed by atoms with Gasteiger partial charge in [-0.2, -0.15) is 4.98 Å². The van der Waals surface area contributed by atoms with E-state index in [2.05, 4.69) is 59.6 Å². The topological polar surface area (TPSA) is 88.6 Å². The van der Waals surface area contributed by atoms with Crippen molar-refractivity contribution in [2.45, 2.75) is 109 Å². The highest BCUT2D eigenvalue weighted by Gasteiger charge is 2.58. The maximum absolute atomic E-state index is 16.0. The van der Waals surface area contributed by atoms with Crippen molar-refractivity contribution in [2.24, 2.45) is 0 Å². The molecule has 1 aliphatic heterocycles. The summed E-state index contributed by atoms with van der Waals surface area (Å²) >= 11 is 0. The van der Waals surface area contributed by atoms with Gasteiger partial charge in [0.2, 0.25) is 0 Å². The third-order valence-electron chi connectivity index (χ3n) is 7.52. The van der Waals surface area contributed by atoms with Gasteiger partial charge in [0.15, 0.2) is 40.7 Å². The Kier molecular flexibility index (Phi) is 7.50. The van der Waals surface area contributed by atoms with Gasteiger partial charge in [-0.3, -0.25) is 4.57 Å². The van der Waals surface area contributed by atoms with Crippen molar-refractivity contribution in [1.82, 2.24) is 9.55 Å². The highest BCUT2D eigenvalue weighted by Crippen LogP contribution is 2.47. The van der Waals surface area contributed by atoms with Crippen molar-refractivity contribution in [3.63, 3.8) is 0 Å². The number of nitrogen functional groups attached to an aromatic ring is 1. The second kappa shape index (κ2) is 8.81. The average molecular weight is 506 g/mol. The van der Waals surface area contributed by atoms with Gasteiger partial charge in [-0.1, -0.05) is 41.5 Å². The number of anilines is 1. The molecule has 0 radical (unpaired) electrons. The van der Waals surface area contributed by atoms with Crippen LogP contribution in [0.5, 0.6) is 0 Å². The van der Waals surface area contributed by atoms with Gasteiger partial charge < -0.3 is 19.3 Å². The Morgan fingerprint density at radius 3 is 2.15 bits per heavy atom. The van der Waals surface area contributed by atoms with E-state index in [0.717, 1.165) is 10.8 Å². The van der Waals surface area contributed by atoms with Crippen molar-refractivity contribution in [3.8, 4) is 0 Å². The molecule has 0 aliphatic carbocycles. The number of ether oxygens (including phenoxy) is 1. The fourth-order valence-corrected chi connectivity index (χ4v) is 5.53. The van der Waals surface area contributed by atoms with Gasteiger partial charge in [0, 0.05) is 0 Å². The molecule has 1 fully saturated rings. The van der Waals surface area contributed by atoms with Crippen LogP contribution in [0.1, 0.15) is 54.7 Å². The van der Waals surface area contributed by atoms with Crippen LogP contribution < -0.4 is 11.4 Å². The average Bonchev–Trinajstić information content (AvgIpc) is 2.86. The zero-order valence-electron chi connectivity index (χ0n) is 21.9. The van der Waals surface area contributed by atoms with Crippen LogP contribution >= 0.6 is 0 Å². The number of nitrogens with two attached hydrogens (primary N) is 1. The first-order chi connectivity index (χ1) is 14.6. The van der Waals surface area contributed by atoms with E-state index in [1.54, 1.807) is 6.92 Å². The molecule has 0 bridgehead atoms. The minimum Gasteiger partial charge on any atom is -0.414 e. The Morgan fingerprint density at radius 1 is 1.15 bits per heavy atom. The normalized spacial score (nSPS) is 27.2. The summed E-state index contributed by atoms with van der Waals surface area (Å²) in [5.41, 5.74) is 3.31. The SMILES string of the molecule is CC(C)(C)[Si](C)(C)OC[C@@]1(C)O[C@@H](n2cc(F)c(N)nc2=O)[C@@H](F)C1O[Si](C)(C)C(C)(C)C. The largest absolute Gasteiger partial charge is 0.414 e. The van der Waals surface area contributed by atoms with Crippen molar-refractivity contribution in [2.75, 3.05) is 12.3 Å². The highest BCUT2D eigenvalue weighted by atomic mass is 28.4. The predicted molar refractivity (Wildman–Crippen MR) is 132 cm³/mol. The van der Waals surface area contributed by atoms with Crippen LogP contribution in [0.15, 0.2) is 11.0 Å². The van der Waals surface area contributed by atoms with Gasteiger partial charge >= 0.3 is 5.69 Å². The second-order valence-electron chi connectivity index (χ2n) is 12.3. The maximum atomic E-state index is 16.0. The standard InChI is InChI=1S/C22H41F2N3O4Si2/c1-20(2,3)32(8,9)29-13-22(7)16(31-33(10,11)21(4,5)6)15(24)18(30-22)27-12-14(23)17(25)26-19(27)28/h12,15-16,18H,13H2,1-11H3,(H2,25,26,28)/t15-,16?,18+,22+/m0/s1. The lowest BCUT2D eigenvalue weighted by molar-refractivity contribution is -0.112. The molecule has 0 saturated carbocycles. The third kappa shape index (κ3) is 5.58. The monoisotopic (exact) mass is 505 g/mol. The molecule has 1 saturated heterocycles. The summed E-state index contributed by atoms with van der Waals surface area (Å²) in [4.78, 5) is 15.9. The van der Waals surface area contributed by atoms with E-state index in [0.29, 0.717) is 0 Å². The Balaban J connectivity index is 2.50. The van der Waals surface area contributed by atoms with Crippen molar-refractivity contribution in [1.29, 1.82) is 0 Å². The van der Waals surface area contributed by atoms with E-state index in [1.807, 2.05) is 13.1 Å². The summed E-state index contributed by atoms with van der Waals surface area (Å²) in [5, 5.41) is -0.245. The zero-order valence-corrected chi connectivity index (χ0v) is 23.9. The lowest BCUT2D eigenvalue weighted by Crippen LogP contribution is -2.55. The summed E-state index contributed by atoms with van der Waals surface area (Å²) in [6.45, 7) is 22.6. The lowest BCUT2D eigenvalue weighted by Gasteiger charge is -2.44. The van der Waals surface area contributed by atoms with Gasteiger partial charge in [0.25, 0.3) is 0 Å². The fraction of sp³-hybridized carbons (Fsp3) is 0.818. The summed E-state index contributed by atoms with van der Waals surface area (Å²) in [5.74, 6) is -1.46. The molecule has 0 aromatic carbocycles. The Morgan fingerprint density at radius 2 is 1.67 bits per heavy atom. The van der Waals surface area contributed by atoms with Crippen LogP contribution in [-0.4, -0.2) is 50.7 Å².